The van der Waals surface area contributed by atoms with Gasteiger partial charge in [0.05, 0.1) is 0 Å². The minimum Gasteiger partial charge on any atom is -0.378 e. The van der Waals surface area contributed by atoms with E-state index in [1.807, 2.05) is 0 Å². The van der Waals surface area contributed by atoms with Gasteiger partial charge in [-0.15, -0.1) is 24.8 Å². The third-order valence-corrected chi connectivity index (χ3v) is 3.90. The minimum absolute atomic E-state index is 0. The van der Waals surface area contributed by atoms with Crippen molar-refractivity contribution in [2.75, 3.05) is 19.0 Å². The van der Waals surface area contributed by atoms with E-state index < -0.39 is 0 Å². The maximum absolute atomic E-state index is 3.71. The second-order valence-corrected chi connectivity index (χ2v) is 5.63. The Morgan fingerprint density at radius 3 is 2.00 bits per heavy atom. The van der Waals surface area contributed by atoms with Crippen LogP contribution in [0.3, 0.4) is 0 Å². The van der Waals surface area contributed by atoms with Gasteiger partial charge in [0.25, 0.3) is 0 Å². The molecule has 1 aliphatic rings. The van der Waals surface area contributed by atoms with Crippen LogP contribution >= 0.6 is 24.8 Å². The number of halogens is 2. The van der Waals surface area contributed by atoms with E-state index in [0.717, 1.165) is 12.6 Å². The van der Waals surface area contributed by atoms with Crippen LogP contribution in [0.2, 0.25) is 0 Å². The maximum atomic E-state index is 3.71. The van der Waals surface area contributed by atoms with Crippen LogP contribution in [0.5, 0.6) is 0 Å². The normalized spacial score (nSPS) is 15.7. The highest BCUT2D eigenvalue weighted by Gasteiger charge is 2.11. The van der Waals surface area contributed by atoms with E-state index >= 15 is 0 Å². The van der Waals surface area contributed by atoms with Gasteiger partial charge in [0.2, 0.25) is 0 Å². The summed E-state index contributed by atoms with van der Waals surface area (Å²) in [5.74, 6) is 0. The fourth-order valence-electron chi connectivity index (χ4n) is 2.66. The Hall–Kier alpha value is -0.440. The first-order chi connectivity index (χ1) is 8.75. The summed E-state index contributed by atoms with van der Waals surface area (Å²) in [5.41, 5.74) is 2.66. The van der Waals surface area contributed by atoms with Gasteiger partial charge < -0.3 is 10.2 Å². The fourth-order valence-corrected chi connectivity index (χ4v) is 2.66. The third kappa shape index (κ3) is 6.34. The predicted octanol–water partition coefficient (Wildman–Crippen LogP) is 4.41. The zero-order chi connectivity index (χ0) is 12.8. The molecule has 0 unspecified atom stereocenters. The van der Waals surface area contributed by atoms with E-state index in [0.29, 0.717) is 0 Å². The molecule has 0 saturated heterocycles. The fraction of sp³-hybridized carbons (Fsp3) is 0.625. The summed E-state index contributed by atoms with van der Waals surface area (Å²) in [4.78, 5) is 2.14. The Balaban J connectivity index is 0.00000180. The van der Waals surface area contributed by atoms with Crippen molar-refractivity contribution in [2.45, 2.75) is 51.1 Å². The van der Waals surface area contributed by atoms with E-state index in [-0.39, 0.29) is 24.8 Å². The van der Waals surface area contributed by atoms with Crippen LogP contribution in [-0.4, -0.2) is 20.1 Å². The number of rotatable bonds is 4. The van der Waals surface area contributed by atoms with Gasteiger partial charge in [0, 0.05) is 32.4 Å². The molecule has 1 aromatic carbocycles. The molecule has 116 valence electrons. The van der Waals surface area contributed by atoms with Crippen LogP contribution < -0.4 is 10.2 Å². The van der Waals surface area contributed by atoms with Crippen molar-refractivity contribution in [1.29, 1.82) is 0 Å². The van der Waals surface area contributed by atoms with Gasteiger partial charge in [0.1, 0.15) is 0 Å². The van der Waals surface area contributed by atoms with E-state index in [9.17, 15) is 0 Å². The summed E-state index contributed by atoms with van der Waals surface area (Å²) in [6.45, 7) is 1.01. The second kappa shape index (κ2) is 10.3. The number of nitrogens with one attached hydrogen (secondary N) is 1. The summed E-state index contributed by atoms with van der Waals surface area (Å²) < 4.78 is 0. The first kappa shape index (κ1) is 19.6. The maximum Gasteiger partial charge on any atom is 0.0361 e. The topological polar surface area (TPSA) is 15.3 Å². The molecule has 0 atom stereocenters. The van der Waals surface area contributed by atoms with Gasteiger partial charge in [-0.2, -0.15) is 0 Å². The highest BCUT2D eigenvalue weighted by atomic mass is 35.5. The Kier molecular flexibility index (Phi) is 10.1. The van der Waals surface area contributed by atoms with Crippen molar-refractivity contribution in [3.63, 3.8) is 0 Å². The highest BCUT2D eigenvalue weighted by molar-refractivity contribution is 5.85. The number of anilines is 1. The van der Waals surface area contributed by atoms with Crippen LogP contribution in [-0.2, 0) is 6.54 Å². The highest BCUT2D eigenvalue weighted by Crippen LogP contribution is 2.18. The average molecular weight is 319 g/mol. The van der Waals surface area contributed by atoms with Gasteiger partial charge in [-0.25, -0.2) is 0 Å². The molecule has 1 N–H and O–H groups in total. The zero-order valence-corrected chi connectivity index (χ0v) is 14.2. The lowest BCUT2D eigenvalue weighted by Gasteiger charge is -2.17. The van der Waals surface area contributed by atoms with Gasteiger partial charge in [0.15, 0.2) is 0 Å². The monoisotopic (exact) mass is 318 g/mol. The van der Waals surface area contributed by atoms with Gasteiger partial charge in [-0.05, 0) is 30.5 Å². The first-order valence-corrected chi connectivity index (χ1v) is 7.25. The smallest absolute Gasteiger partial charge is 0.0361 e. The summed E-state index contributed by atoms with van der Waals surface area (Å²) in [7, 11) is 4.16. The molecule has 0 aliphatic heterocycles. The largest absolute Gasteiger partial charge is 0.378 e. The molecule has 2 rings (SSSR count). The molecule has 0 bridgehead atoms. The van der Waals surface area contributed by atoms with Crippen molar-refractivity contribution in [3.05, 3.63) is 29.8 Å². The molecule has 4 heteroatoms. The van der Waals surface area contributed by atoms with Crippen molar-refractivity contribution in [1.82, 2.24) is 5.32 Å². The molecule has 0 spiro atoms. The van der Waals surface area contributed by atoms with Crippen LogP contribution in [0.15, 0.2) is 24.3 Å². The SMILES string of the molecule is CN(C)c1ccc(CNC2CCCCCC2)cc1.Cl.Cl. The predicted molar refractivity (Wildman–Crippen MR) is 93.6 cm³/mol. The van der Waals surface area contributed by atoms with E-state index in [4.69, 9.17) is 0 Å². The van der Waals surface area contributed by atoms with E-state index in [1.54, 1.807) is 0 Å². The molecule has 20 heavy (non-hydrogen) atoms. The van der Waals surface area contributed by atoms with Crippen LogP contribution in [0.25, 0.3) is 0 Å². The van der Waals surface area contributed by atoms with Crippen molar-refractivity contribution in [3.8, 4) is 0 Å². The summed E-state index contributed by atoms with van der Waals surface area (Å²) in [6, 6.07) is 9.60. The quantitative estimate of drug-likeness (QED) is 0.827. The standard InChI is InChI=1S/C16H26N2.2ClH/c1-18(2)16-11-9-14(10-12-16)13-17-15-7-5-3-4-6-8-15;;/h9-12,15,17H,3-8,13H2,1-2H3;2*1H. The van der Waals surface area contributed by atoms with Crippen molar-refractivity contribution >= 4 is 30.5 Å². The minimum atomic E-state index is 0. The molecule has 0 aromatic heterocycles. The Morgan fingerprint density at radius 2 is 1.50 bits per heavy atom. The number of hydrogen-bond acceptors (Lipinski definition) is 2. The molecule has 0 amide bonds. The molecule has 2 nitrogen and oxygen atoms in total. The first-order valence-electron chi connectivity index (χ1n) is 7.25. The Labute approximate surface area is 136 Å². The molecular weight excluding hydrogens is 291 g/mol. The molecule has 0 radical (unpaired) electrons. The molecule has 1 aromatic rings. The third-order valence-electron chi connectivity index (χ3n) is 3.90. The summed E-state index contributed by atoms with van der Waals surface area (Å²) in [5, 5.41) is 3.71. The lowest BCUT2D eigenvalue weighted by atomic mass is 10.1. The van der Waals surface area contributed by atoms with Crippen LogP contribution in [0, 0.1) is 0 Å². The number of hydrogen-bond donors (Lipinski definition) is 1. The number of nitrogens with zero attached hydrogens (tertiary/aromatic N) is 1. The van der Waals surface area contributed by atoms with Gasteiger partial charge in [-0.1, -0.05) is 37.8 Å². The molecule has 1 aliphatic carbocycles. The second-order valence-electron chi connectivity index (χ2n) is 5.63. The number of benzene rings is 1. The van der Waals surface area contributed by atoms with Crippen LogP contribution in [0.1, 0.15) is 44.1 Å². The molecule has 0 heterocycles. The molecular formula is C16H28Cl2N2. The summed E-state index contributed by atoms with van der Waals surface area (Å²) >= 11 is 0. The summed E-state index contributed by atoms with van der Waals surface area (Å²) in [6.07, 6.45) is 8.37. The van der Waals surface area contributed by atoms with Crippen molar-refractivity contribution < 1.29 is 0 Å². The Bertz CT molecular complexity index is 344. The van der Waals surface area contributed by atoms with Gasteiger partial charge >= 0.3 is 0 Å². The van der Waals surface area contributed by atoms with E-state index in [1.165, 1.54) is 49.8 Å². The van der Waals surface area contributed by atoms with E-state index in [2.05, 4.69) is 48.6 Å². The lowest BCUT2D eigenvalue weighted by Crippen LogP contribution is -2.27. The van der Waals surface area contributed by atoms with Crippen molar-refractivity contribution in [2.24, 2.45) is 0 Å². The van der Waals surface area contributed by atoms with Crippen LogP contribution in [0.4, 0.5) is 5.69 Å². The lowest BCUT2D eigenvalue weighted by molar-refractivity contribution is 0.459. The molecule has 1 fully saturated rings. The molecule has 1 saturated carbocycles. The van der Waals surface area contributed by atoms with Gasteiger partial charge in [-0.3, -0.25) is 0 Å². The Morgan fingerprint density at radius 1 is 0.950 bits per heavy atom. The average Bonchev–Trinajstić information content (AvgIpc) is 2.65. The zero-order valence-electron chi connectivity index (χ0n) is 12.6.